The minimum absolute atomic E-state index is 0.814. The summed E-state index contributed by atoms with van der Waals surface area (Å²) in [5.41, 5.74) is 0. The Labute approximate surface area is 74.3 Å². The van der Waals surface area contributed by atoms with Crippen LogP contribution >= 0.6 is 11.8 Å². The Morgan fingerprint density at radius 3 is 3.00 bits per heavy atom. The van der Waals surface area contributed by atoms with Gasteiger partial charge in [0.25, 0.3) is 0 Å². The summed E-state index contributed by atoms with van der Waals surface area (Å²) in [6.45, 7) is 5.82. The molecule has 11 heavy (non-hydrogen) atoms. The minimum atomic E-state index is 0.814. The van der Waals surface area contributed by atoms with Crippen molar-refractivity contribution in [1.82, 2.24) is 5.32 Å². The molecule has 1 unspecified atom stereocenters. The van der Waals surface area contributed by atoms with Crippen molar-refractivity contribution in [1.29, 1.82) is 0 Å². The van der Waals surface area contributed by atoms with Gasteiger partial charge in [-0.15, -0.1) is 0 Å². The Hall–Kier alpha value is 0.310. The Bertz CT molecular complexity index is 99.7. The van der Waals surface area contributed by atoms with E-state index in [1.165, 1.54) is 31.6 Å². The molecule has 2 heteroatoms. The molecule has 0 aromatic carbocycles. The molecule has 1 rings (SSSR count). The summed E-state index contributed by atoms with van der Waals surface area (Å²) >= 11 is 2.11. The van der Waals surface area contributed by atoms with Crippen LogP contribution in [0.15, 0.2) is 0 Å². The second kappa shape index (κ2) is 5.04. The summed E-state index contributed by atoms with van der Waals surface area (Å²) in [6.07, 6.45) is 4.08. The SMILES string of the molecule is CCC(C)SC[C@H]1CCCN1. The van der Waals surface area contributed by atoms with Gasteiger partial charge in [-0.05, 0) is 25.8 Å². The molecule has 0 saturated carbocycles. The Kier molecular flexibility index (Phi) is 4.31. The Morgan fingerprint density at radius 2 is 2.45 bits per heavy atom. The lowest BCUT2D eigenvalue weighted by Crippen LogP contribution is -2.24. The molecule has 0 aliphatic carbocycles. The van der Waals surface area contributed by atoms with Crippen LogP contribution in [-0.2, 0) is 0 Å². The average Bonchev–Trinajstić information content (AvgIpc) is 2.52. The summed E-state index contributed by atoms with van der Waals surface area (Å²) in [7, 11) is 0. The van der Waals surface area contributed by atoms with E-state index in [2.05, 4.69) is 30.9 Å². The molecular weight excluding hydrogens is 154 g/mol. The van der Waals surface area contributed by atoms with Crippen molar-refractivity contribution in [2.45, 2.75) is 44.4 Å². The zero-order chi connectivity index (χ0) is 8.10. The maximum Gasteiger partial charge on any atom is 0.0158 e. The van der Waals surface area contributed by atoms with E-state index in [9.17, 15) is 0 Å². The first-order valence-corrected chi connectivity index (χ1v) is 5.72. The van der Waals surface area contributed by atoms with Gasteiger partial charge in [0.15, 0.2) is 0 Å². The van der Waals surface area contributed by atoms with Crippen LogP contribution in [0.3, 0.4) is 0 Å². The van der Waals surface area contributed by atoms with Crippen LogP contribution in [0.2, 0.25) is 0 Å². The van der Waals surface area contributed by atoms with Gasteiger partial charge in [0.05, 0.1) is 0 Å². The van der Waals surface area contributed by atoms with Crippen LogP contribution in [0.25, 0.3) is 0 Å². The van der Waals surface area contributed by atoms with E-state index in [0.29, 0.717) is 0 Å². The molecule has 1 nitrogen and oxygen atoms in total. The summed E-state index contributed by atoms with van der Waals surface area (Å²) in [5.74, 6) is 1.31. The fraction of sp³-hybridized carbons (Fsp3) is 1.00. The number of hydrogen-bond donors (Lipinski definition) is 1. The largest absolute Gasteiger partial charge is 0.313 e. The van der Waals surface area contributed by atoms with Crippen molar-refractivity contribution in [3.63, 3.8) is 0 Å². The lowest BCUT2D eigenvalue weighted by atomic mass is 10.3. The van der Waals surface area contributed by atoms with E-state index in [1.807, 2.05) is 0 Å². The highest BCUT2D eigenvalue weighted by Crippen LogP contribution is 2.18. The first kappa shape index (κ1) is 9.40. The predicted molar refractivity (Wildman–Crippen MR) is 53.2 cm³/mol. The molecule has 1 aliphatic heterocycles. The molecular formula is C9H19NS. The van der Waals surface area contributed by atoms with Gasteiger partial charge in [-0.1, -0.05) is 13.8 Å². The number of hydrogen-bond acceptors (Lipinski definition) is 2. The number of nitrogens with one attached hydrogen (secondary N) is 1. The average molecular weight is 173 g/mol. The van der Waals surface area contributed by atoms with Gasteiger partial charge in [0.2, 0.25) is 0 Å². The van der Waals surface area contributed by atoms with Crippen LogP contribution in [0.1, 0.15) is 33.1 Å². The smallest absolute Gasteiger partial charge is 0.0158 e. The van der Waals surface area contributed by atoms with Gasteiger partial charge in [-0.3, -0.25) is 0 Å². The van der Waals surface area contributed by atoms with Crippen molar-refractivity contribution in [2.75, 3.05) is 12.3 Å². The molecule has 0 bridgehead atoms. The van der Waals surface area contributed by atoms with Crippen molar-refractivity contribution >= 4 is 11.8 Å². The van der Waals surface area contributed by atoms with Gasteiger partial charge in [-0.2, -0.15) is 11.8 Å². The van der Waals surface area contributed by atoms with Crippen molar-refractivity contribution in [3.05, 3.63) is 0 Å². The molecule has 0 aromatic rings. The van der Waals surface area contributed by atoms with Crippen molar-refractivity contribution < 1.29 is 0 Å². The highest BCUT2D eigenvalue weighted by atomic mass is 32.2. The van der Waals surface area contributed by atoms with E-state index in [4.69, 9.17) is 0 Å². The third-order valence-electron chi connectivity index (χ3n) is 2.32. The molecule has 0 spiro atoms. The van der Waals surface area contributed by atoms with E-state index in [1.54, 1.807) is 0 Å². The third kappa shape index (κ3) is 3.48. The maximum atomic E-state index is 3.52. The molecule has 1 saturated heterocycles. The van der Waals surface area contributed by atoms with Gasteiger partial charge >= 0.3 is 0 Å². The summed E-state index contributed by atoms with van der Waals surface area (Å²) in [6, 6.07) is 0.814. The van der Waals surface area contributed by atoms with Crippen LogP contribution < -0.4 is 5.32 Å². The summed E-state index contributed by atoms with van der Waals surface area (Å²) in [4.78, 5) is 0. The van der Waals surface area contributed by atoms with Gasteiger partial charge < -0.3 is 5.32 Å². The molecule has 0 radical (unpaired) electrons. The molecule has 0 amide bonds. The normalized spacial score (nSPS) is 27.3. The molecule has 2 atom stereocenters. The Balaban J connectivity index is 2.01. The molecule has 1 fully saturated rings. The molecule has 66 valence electrons. The van der Waals surface area contributed by atoms with Crippen LogP contribution in [0.5, 0.6) is 0 Å². The third-order valence-corrected chi connectivity index (χ3v) is 3.82. The maximum absolute atomic E-state index is 3.52. The van der Waals surface area contributed by atoms with Gasteiger partial charge in [-0.25, -0.2) is 0 Å². The zero-order valence-electron chi connectivity index (χ0n) is 7.60. The molecule has 1 N–H and O–H groups in total. The molecule has 1 aliphatic rings. The fourth-order valence-corrected chi connectivity index (χ4v) is 2.38. The van der Waals surface area contributed by atoms with Crippen molar-refractivity contribution in [2.24, 2.45) is 0 Å². The minimum Gasteiger partial charge on any atom is -0.313 e. The lowest BCUT2D eigenvalue weighted by molar-refractivity contribution is 0.672. The quantitative estimate of drug-likeness (QED) is 0.700. The van der Waals surface area contributed by atoms with E-state index in [-0.39, 0.29) is 0 Å². The number of rotatable bonds is 4. The topological polar surface area (TPSA) is 12.0 Å². The van der Waals surface area contributed by atoms with E-state index >= 15 is 0 Å². The predicted octanol–water partition coefficient (Wildman–Crippen LogP) is 2.27. The van der Waals surface area contributed by atoms with Gasteiger partial charge in [0, 0.05) is 17.0 Å². The summed E-state index contributed by atoms with van der Waals surface area (Å²) < 4.78 is 0. The second-order valence-electron chi connectivity index (χ2n) is 3.35. The van der Waals surface area contributed by atoms with E-state index < -0.39 is 0 Å². The second-order valence-corrected chi connectivity index (χ2v) is 4.82. The standard InChI is InChI=1S/C9H19NS/c1-3-8(2)11-7-9-5-4-6-10-9/h8-10H,3-7H2,1-2H3/t8?,9-/m1/s1. The first-order valence-electron chi connectivity index (χ1n) is 4.68. The molecule has 1 heterocycles. The van der Waals surface area contributed by atoms with Crippen LogP contribution in [-0.4, -0.2) is 23.6 Å². The molecule has 0 aromatic heterocycles. The monoisotopic (exact) mass is 173 g/mol. The fourth-order valence-electron chi connectivity index (χ4n) is 1.30. The first-order chi connectivity index (χ1) is 5.33. The van der Waals surface area contributed by atoms with Crippen molar-refractivity contribution in [3.8, 4) is 0 Å². The Morgan fingerprint density at radius 1 is 1.64 bits per heavy atom. The van der Waals surface area contributed by atoms with Crippen LogP contribution in [0.4, 0.5) is 0 Å². The summed E-state index contributed by atoms with van der Waals surface area (Å²) in [5, 5.41) is 4.36. The highest BCUT2D eigenvalue weighted by Gasteiger charge is 2.14. The highest BCUT2D eigenvalue weighted by molar-refractivity contribution is 7.99. The van der Waals surface area contributed by atoms with Gasteiger partial charge in [0.1, 0.15) is 0 Å². The zero-order valence-corrected chi connectivity index (χ0v) is 8.41. The van der Waals surface area contributed by atoms with Crippen LogP contribution in [0, 0.1) is 0 Å². The van der Waals surface area contributed by atoms with E-state index in [0.717, 1.165) is 11.3 Å². The lowest BCUT2D eigenvalue weighted by Gasteiger charge is -2.12. The number of thioether (sulfide) groups is 1.